The third kappa shape index (κ3) is 3.20. The summed E-state index contributed by atoms with van der Waals surface area (Å²) in [5, 5.41) is 2.73. The lowest BCUT2D eigenvalue weighted by molar-refractivity contribution is -0.115. The first kappa shape index (κ1) is 14.8. The second-order valence-electron chi connectivity index (χ2n) is 5.08. The predicted octanol–water partition coefficient (Wildman–Crippen LogP) is 3.84. The van der Waals surface area contributed by atoms with Gasteiger partial charge in [-0.2, -0.15) is 0 Å². The lowest BCUT2D eigenvalue weighted by Gasteiger charge is -2.13. The van der Waals surface area contributed by atoms with E-state index in [9.17, 15) is 4.79 Å². The van der Waals surface area contributed by atoms with Crippen molar-refractivity contribution in [2.24, 2.45) is 0 Å². The van der Waals surface area contributed by atoms with Gasteiger partial charge in [-0.3, -0.25) is 4.79 Å². The summed E-state index contributed by atoms with van der Waals surface area (Å²) in [5.74, 6) is 1.34. The molecule has 0 spiro atoms. The molecule has 1 N–H and O–H groups in total. The molecule has 1 amide bonds. The Kier molecular flexibility index (Phi) is 4.24. The third-order valence-corrected chi connectivity index (χ3v) is 4.69. The molecule has 0 saturated carbocycles. The Bertz CT molecular complexity index is 702. The Labute approximate surface area is 133 Å². The van der Waals surface area contributed by atoms with E-state index in [1.54, 1.807) is 23.9 Å². The highest BCUT2D eigenvalue weighted by Crippen LogP contribution is 2.34. The van der Waals surface area contributed by atoms with Crippen LogP contribution in [-0.2, 0) is 4.79 Å². The summed E-state index contributed by atoms with van der Waals surface area (Å²) in [6.07, 6.45) is 0. The van der Waals surface area contributed by atoms with Gasteiger partial charge < -0.3 is 14.8 Å². The maximum atomic E-state index is 12.3. The van der Waals surface area contributed by atoms with Gasteiger partial charge in [0, 0.05) is 16.6 Å². The van der Waals surface area contributed by atoms with Gasteiger partial charge in [-0.1, -0.05) is 18.2 Å². The molecule has 4 nitrogen and oxygen atoms in total. The number of anilines is 1. The number of hydrogen-bond acceptors (Lipinski definition) is 4. The topological polar surface area (TPSA) is 47.6 Å². The van der Waals surface area contributed by atoms with E-state index in [0.29, 0.717) is 17.2 Å². The molecule has 1 aliphatic heterocycles. The molecular weight excluding hydrogens is 298 g/mol. The van der Waals surface area contributed by atoms with Crippen LogP contribution in [0.5, 0.6) is 11.5 Å². The highest BCUT2D eigenvalue weighted by atomic mass is 32.2. The monoisotopic (exact) mass is 315 g/mol. The normalized spacial score (nSPS) is 13.7. The quantitative estimate of drug-likeness (QED) is 0.871. The van der Waals surface area contributed by atoms with Gasteiger partial charge in [0.1, 0.15) is 0 Å². The van der Waals surface area contributed by atoms with Gasteiger partial charge in [-0.25, -0.2) is 0 Å². The number of fused-ring (bicyclic) bond motifs is 1. The number of amides is 1. The van der Waals surface area contributed by atoms with E-state index in [1.165, 1.54) is 5.56 Å². The van der Waals surface area contributed by atoms with Gasteiger partial charge >= 0.3 is 0 Å². The number of rotatable bonds is 4. The third-order valence-electron chi connectivity index (χ3n) is 3.41. The fourth-order valence-electron chi connectivity index (χ4n) is 2.15. The summed E-state index contributed by atoms with van der Waals surface area (Å²) in [6, 6.07) is 13.5. The van der Waals surface area contributed by atoms with Crippen LogP contribution in [0.2, 0.25) is 0 Å². The average molecular weight is 315 g/mol. The van der Waals surface area contributed by atoms with E-state index < -0.39 is 0 Å². The summed E-state index contributed by atoms with van der Waals surface area (Å²) >= 11 is 1.56. The predicted molar refractivity (Wildman–Crippen MR) is 87.7 cm³/mol. The van der Waals surface area contributed by atoms with Crippen LogP contribution in [0.4, 0.5) is 5.69 Å². The lowest BCUT2D eigenvalue weighted by Crippen LogP contribution is -2.22. The number of hydrogen-bond donors (Lipinski definition) is 1. The zero-order valence-corrected chi connectivity index (χ0v) is 13.3. The molecule has 0 radical (unpaired) electrons. The molecule has 1 aliphatic rings. The Balaban J connectivity index is 1.65. The number of aryl methyl sites for hydroxylation is 1. The number of benzene rings is 2. The number of carbonyl (C=O) groups excluding carboxylic acids is 1. The molecule has 3 rings (SSSR count). The van der Waals surface area contributed by atoms with Crippen LogP contribution in [0, 0.1) is 6.92 Å². The van der Waals surface area contributed by atoms with Crippen molar-refractivity contribution in [2.45, 2.75) is 24.0 Å². The minimum Gasteiger partial charge on any atom is -0.454 e. The molecule has 0 saturated heterocycles. The van der Waals surface area contributed by atoms with Crippen LogP contribution in [-0.4, -0.2) is 18.0 Å². The molecule has 1 heterocycles. The summed E-state index contributed by atoms with van der Waals surface area (Å²) < 4.78 is 10.6. The average Bonchev–Trinajstić information content (AvgIpc) is 2.97. The van der Waals surface area contributed by atoms with Crippen LogP contribution in [0.1, 0.15) is 12.5 Å². The minimum atomic E-state index is -0.188. The van der Waals surface area contributed by atoms with Crippen molar-refractivity contribution in [2.75, 3.05) is 12.1 Å². The largest absolute Gasteiger partial charge is 0.454 e. The molecule has 5 heteroatoms. The molecule has 0 bridgehead atoms. The maximum absolute atomic E-state index is 12.3. The Morgan fingerprint density at radius 1 is 1.18 bits per heavy atom. The molecule has 1 atom stereocenters. The fourth-order valence-corrected chi connectivity index (χ4v) is 3.11. The number of nitrogens with one attached hydrogen (secondary N) is 1. The second kappa shape index (κ2) is 6.32. The van der Waals surface area contributed by atoms with Crippen LogP contribution in [0.15, 0.2) is 47.4 Å². The molecule has 0 fully saturated rings. The first-order valence-corrected chi connectivity index (χ1v) is 7.94. The highest BCUT2D eigenvalue weighted by Gasteiger charge is 2.18. The van der Waals surface area contributed by atoms with Crippen molar-refractivity contribution in [3.63, 3.8) is 0 Å². The van der Waals surface area contributed by atoms with E-state index in [-0.39, 0.29) is 18.0 Å². The maximum Gasteiger partial charge on any atom is 0.237 e. The molecular formula is C17H17NO3S. The molecule has 22 heavy (non-hydrogen) atoms. The standard InChI is InChI=1S/C17H17NO3S/c1-11-5-3-4-6-16(11)22-12(2)17(19)18-13-7-8-14-15(9-13)21-10-20-14/h3-9,12H,10H2,1-2H3,(H,18,19). The molecule has 114 valence electrons. The first-order valence-electron chi connectivity index (χ1n) is 7.06. The van der Waals surface area contributed by atoms with Crippen molar-refractivity contribution in [3.8, 4) is 11.5 Å². The van der Waals surface area contributed by atoms with Crippen LogP contribution in [0.3, 0.4) is 0 Å². The molecule has 2 aromatic carbocycles. The zero-order chi connectivity index (χ0) is 15.5. The summed E-state index contributed by atoms with van der Waals surface area (Å²) in [6.45, 7) is 4.18. The van der Waals surface area contributed by atoms with E-state index in [0.717, 1.165) is 4.90 Å². The van der Waals surface area contributed by atoms with Crippen molar-refractivity contribution in [3.05, 3.63) is 48.0 Å². The SMILES string of the molecule is Cc1ccccc1SC(C)C(=O)Nc1ccc2c(c1)OCO2. The first-order chi connectivity index (χ1) is 10.6. The van der Waals surface area contributed by atoms with Crippen LogP contribution >= 0.6 is 11.8 Å². The molecule has 2 aromatic rings. The van der Waals surface area contributed by atoms with Gasteiger partial charge in [0.15, 0.2) is 11.5 Å². The van der Waals surface area contributed by atoms with Gasteiger partial charge in [0.25, 0.3) is 0 Å². The van der Waals surface area contributed by atoms with Crippen molar-refractivity contribution in [1.29, 1.82) is 0 Å². The number of carbonyl (C=O) groups is 1. The molecule has 1 unspecified atom stereocenters. The summed E-state index contributed by atoms with van der Waals surface area (Å²) in [7, 11) is 0. The van der Waals surface area contributed by atoms with E-state index >= 15 is 0 Å². The Hall–Kier alpha value is -2.14. The number of thioether (sulfide) groups is 1. The van der Waals surface area contributed by atoms with Crippen LogP contribution < -0.4 is 14.8 Å². The summed E-state index contributed by atoms with van der Waals surface area (Å²) in [5.41, 5.74) is 1.89. The van der Waals surface area contributed by atoms with E-state index in [4.69, 9.17) is 9.47 Å². The van der Waals surface area contributed by atoms with Crippen molar-refractivity contribution in [1.82, 2.24) is 0 Å². The molecule has 0 aliphatic carbocycles. The van der Waals surface area contributed by atoms with Gasteiger partial charge in [-0.15, -0.1) is 11.8 Å². The fraction of sp³-hybridized carbons (Fsp3) is 0.235. The van der Waals surface area contributed by atoms with Crippen LogP contribution in [0.25, 0.3) is 0 Å². The van der Waals surface area contributed by atoms with Gasteiger partial charge in [0.05, 0.1) is 5.25 Å². The minimum absolute atomic E-state index is 0.0351. The second-order valence-corrected chi connectivity index (χ2v) is 6.47. The Morgan fingerprint density at radius 2 is 1.95 bits per heavy atom. The summed E-state index contributed by atoms with van der Waals surface area (Å²) in [4.78, 5) is 13.4. The smallest absolute Gasteiger partial charge is 0.237 e. The lowest BCUT2D eigenvalue weighted by atomic mass is 10.2. The zero-order valence-electron chi connectivity index (χ0n) is 12.5. The number of ether oxygens (including phenoxy) is 2. The van der Waals surface area contributed by atoms with Gasteiger partial charge in [0.2, 0.25) is 12.7 Å². The van der Waals surface area contributed by atoms with Gasteiger partial charge in [-0.05, 0) is 37.6 Å². The highest BCUT2D eigenvalue weighted by molar-refractivity contribution is 8.00. The van der Waals surface area contributed by atoms with Crippen molar-refractivity contribution >= 4 is 23.4 Å². The van der Waals surface area contributed by atoms with E-state index in [1.807, 2.05) is 44.2 Å². The van der Waals surface area contributed by atoms with Crippen molar-refractivity contribution < 1.29 is 14.3 Å². The Morgan fingerprint density at radius 3 is 2.77 bits per heavy atom. The van der Waals surface area contributed by atoms with E-state index in [2.05, 4.69) is 5.32 Å². The molecule has 0 aromatic heterocycles.